The third-order valence-corrected chi connectivity index (χ3v) is 4.86. The SMILES string of the molecule is CC(=O)ONC1S[C@H](COC(=O)C(C)(C)C)[C@@H](OC(=O)C(C)(C)C)[C@@H]1F. The quantitative estimate of drug-likeness (QED) is 0.432. The van der Waals surface area contributed by atoms with E-state index in [0.29, 0.717) is 0 Å². The molecule has 0 bridgehead atoms. The Morgan fingerprint density at radius 3 is 2.04 bits per heavy atom. The van der Waals surface area contributed by atoms with Gasteiger partial charge in [0.2, 0.25) is 0 Å². The lowest BCUT2D eigenvalue weighted by Gasteiger charge is -2.26. The van der Waals surface area contributed by atoms with Gasteiger partial charge in [-0.15, -0.1) is 17.2 Å². The van der Waals surface area contributed by atoms with Crippen molar-refractivity contribution in [2.75, 3.05) is 6.61 Å². The van der Waals surface area contributed by atoms with Crippen LogP contribution in [-0.4, -0.2) is 47.4 Å². The Bertz CT molecular complexity index is 542. The van der Waals surface area contributed by atoms with Crippen molar-refractivity contribution in [2.45, 2.75) is 71.4 Å². The van der Waals surface area contributed by atoms with Gasteiger partial charge in [0.05, 0.1) is 16.1 Å². The minimum Gasteiger partial charge on any atom is -0.464 e. The number of carbonyl (C=O) groups is 3. The first kappa shape index (κ1) is 22.7. The number of hydrogen-bond acceptors (Lipinski definition) is 8. The highest BCUT2D eigenvalue weighted by Crippen LogP contribution is 2.38. The molecule has 1 saturated heterocycles. The second-order valence-corrected chi connectivity index (χ2v) is 9.60. The van der Waals surface area contributed by atoms with Crippen LogP contribution in [0.25, 0.3) is 0 Å². The number of hydroxylamine groups is 1. The summed E-state index contributed by atoms with van der Waals surface area (Å²) in [6, 6.07) is 0. The molecule has 1 rings (SSSR count). The Morgan fingerprint density at radius 2 is 1.58 bits per heavy atom. The number of alkyl halides is 1. The lowest BCUT2D eigenvalue weighted by atomic mass is 9.97. The predicted octanol–water partition coefficient (Wildman–Crippen LogP) is 2.38. The standard InChI is InChI=1S/C17H28FNO6S/c1-9(20)25-19-13-11(18)12(24-15(22)17(5,6)7)10(26-13)8-23-14(21)16(2,3)4/h10-13,19H,8H2,1-7H3/t10-,11+,12-,13?/m1/s1. The van der Waals surface area contributed by atoms with Crippen molar-refractivity contribution >= 4 is 29.7 Å². The smallest absolute Gasteiger partial charge is 0.321 e. The van der Waals surface area contributed by atoms with Crippen molar-refractivity contribution in [1.82, 2.24) is 5.48 Å². The highest BCUT2D eigenvalue weighted by molar-refractivity contribution is 8.00. The van der Waals surface area contributed by atoms with Crippen LogP contribution in [0.3, 0.4) is 0 Å². The van der Waals surface area contributed by atoms with Crippen LogP contribution in [-0.2, 0) is 28.7 Å². The minimum atomic E-state index is -1.64. The number of rotatable bonds is 5. The van der Waals surface area contributed by atoms with E-state index in [0.717, 1.165) is 11.8 Å². The first-order chi connectivity index (χ1) is 11.7. The van der Waals surface area contributed by atoms with E-state index in [9.17, 15) is 18.8 Å². The highest BCUT2D eigenvalue weighted by Gasteiger charge is 2.49. The third-order valence-electron chi connectivity index (χ3n) is 3.46. The fourth-order valence-corrected chi connectivity index (χ4v) is 3.19. The topological polar surface area (TPSA) is 90.9 Å². The number of carbonyl (C=O) groups excluding carboxylic acids is 3. The van der Waals surface area contributed by atoms with E-state index in [2.05, 4.69) is 10.3 Å². The van der Waals surface area contributed by atoms with Crippen LogP contribution in [0.4, 0.5) is 4.39 Å². The number of ether oxygens (including phenoxy) is 2. The Morgan fingerprint density at radius 1 is 1.04 bits per heavy atom. The molecule has 4 atom stereocenters. The molecule has 0 saturated carbocycles. The average molecular weight is 393 g/mol. The highest BCUT2D eigenvalue weighted by atomic mass is 32.2. The van der Waals surface area contributed by atoms with E-state index >= 15 is 0 Å². The van der Waals surface area contributed by atoms with Crippen LogP contribution in [0.2, 0.25) is 0 Å². The molecule has 1 unspecified atom stereocenters. The van der Waals surface area contributed by atoms with E-state index < -0.39 is 51.6 Å². The van der Waals surface area contributed by atoms with E-state index in [1.165, 1.54) is 6.92 Å². The molecule has 1 heterocycles. The second-order valence-electron chi connectivity index (χ2n) is 8.22. The second kappa shape index (κ2) is 8.56. The van der Waals surface area contributed by atoms with Gasteiger partial charge in [-0.3, -0.25) is 14.4 Å². The van der Waals surface area contributed by atoms with E-state index in [1.807, 2.05) is 0 Å². The monoisotopic (exact) mass is 393 g/mol. The summed E-state index contributed by atoms with van der Waals surface area (Å²) in [4.78, 5) is 39.7. The molecule has 1 fully saturated rings. The molecule has 150 valence electrons. The largest absolute Gasteiger partial charge is 0.464 e. The Kier molecular flexibility index (Phi) is 7.47. The number of thioether (sulfide) groups is 1. The zero-order valence-electron chi connectivity index (χ0n) is 16.3. The zero-order valence-corrected chi connectivity index (χ0v) is 17.1. The number of hydrogen-bond donors (Lipinski definition) is 1. The van der Waals surface area contributed by atoms with Crippen molar-refractivity contribution in [3.05, 3.63) is 0 Å². The molecule has 26 heavy (non-hydrogen) atoms. The van der Waals surface area contributed by atoms with Crippen molar-refractivity contribution < 1.29 is 33.1 Å². The van der Waals surface area contributed by atoms with Gasteiger partial charge in [-0.05, 0) is 41.5 Å². The summed E-state index contributed by atoms with van der Waals surface area (Å²) in [5.74, 6) is -1.62. The lowest BCUT2D eigenvalue weighted by Crippen LogP contribution is -2.42. The van der Waals surface area contributed by atoms with Crippen LogP contribution in [0, 0.1) is 10.8 Å². The summed E-state index contributed by atoms with van der Waals surface area (Å²) in [6.45, 7) is 11.2. The van der Waals surface area contributed by atoms with Gasteiger partial charge < -0.3 is 14.3 Å². The first-order valence-electron chi connectivity index (χ1n) is 8.34. The molecule has 0 aromatic heterocycles. The summed E-state index contributed by atoms with van der Waals surface area (Å²) < 4.78 is 25.4. The molecule has 0 radical (unpaired) electrons. The van der Waals surface area contributed by atoms with Crippen LogP contribution in [0.1, 0.15) is 48.5 Å². The van der Waals surface area contributed by atoms with Crippen LogP contribution in [0.5, 0.6) is 0 Å². The maximum Gasteiger partial charge on any atom is 0.321 e. The molecule has 0 aromatic rings. The fraction of sp³-hybridized carbons (Fsp3) is 0.824. The molecule has 0 aliphatic carbocycles. The van der Waals surface area contributed by atoms with E-state index in [4.69, 9.17) is 9.47 Å². The lowest BCUT2D eigenvalue weighted by molar-refractivity contribution is -0.165. The summed E-state index contributed by atoms with van der Waals surface area (Å²) in [5.41, 5.74) is 0.817. The van der Waals surface area contributed by atoms with Crippen LogP contribution >= 0.6 is 11.8 Å². The van der Waals surface area contributed by atoms with Crippen LogP contribution in [0.15, 0.2) is 0 Å². The van der Waals surface area contributed by atoms with Gasteiger partial charge in [0.25, 0.3) is 0 Å². The van der Waals surface area contributed by atoms with Gasteiger partial charge in [-0.1, -0.05) is 0 Å². The van der Waals surface area contributed by atoms with Crippen molar-refractivity contribution in [3.63, 3.8) is 0 Å². The fourth-order valence-electron chi connectivity index (χ4n) is 1.90. The molecule has 0 aromatic carbocycles. The van der Waals surface area contributed by atoms with Crippen LogP contribution < -0.4 is 5.48 Å². The molecule has 1 aliphatic heterocycles. The molecule has 9 heteroatoms. The summed E-state index contributed by atoms with van der Waals surface area (Å²) in [5, 5.41) is -1.56. The summed E-state index contributed by atoms with van der Waals surface area (Å²) in [6.07, 6.45) is -2.77. The number of nitrogens with one attached hydrogen (secondary N) is 1. The van der Waals surface area contributed by atoms with Gasteiger partial charge in [0.15, 0.2) is 12.3 Å². The van der Waals surface area contributed by atoms with Gasteiger partial charge in [-0.2, -0.15) is 0 Å². The van der Waals surface area contributed by atoms with Gasteiger partial charge >= 0.3 is 17.9 Å². The van der Waals surface area contributed by atoms with Crippen molar-refractivity contribution in [2.24, 2.45) is 10.8 Å². The Hall–Kier alpha value is -1.35. The van der Waals surface area contributed by atoms with Gasteiger partial charge in [0.1, 0.15) is 12.0 Å². The molecule has 0 amide bonds. The predicted molar refractivity (Wildman–Crippen MR) is 94.7 cm³/mol. The van der Waals surface area contributed by atoms with E-state index in [-0.39, 0.29) is 6.61 Å². The van der Waals surface area contributed by atoms with Crippen molar-refractivity contribution in [3.8, 4) is 0 Å². The maximum atomic E-state index is 14.8. The Labute approximate surface area is 157 Å². The van der Waals surface area contributed by atoms with Gasteiger partial charge in [0, 0.05) is 6.92 Å². The minimum absolute atomic E-state index is 0.123. The molecule has 7 nitrogen and oxygen atoms in total. The molecular weight excluding hydrogens is 365 g/mol. The maximum absolute atomic E-state index is 14.8. The number of esters is 2. The normalized spacial score (nSPS) is 26.3. The zero-order chi connectivity index (χ0) is 20.3. The van der Waals surface area contributed by atoms with E-state index in [1.54, 1.807) is 41.5 Å². The summed E-state index contributed by atoms with van der Waals surface area (Å²) >= 11 is 1.06. The van der Waals surface area contributed by atoms with Gasteiger partial charge in [-0.25, -0.2) is 4.39 Å². The Balaban J connectivity index is 2.85. The molecule has 1 aliphatic rings. The first-order valence-corrected chi connectivity index (χ1v) is 9.28. The average Bonchev–Trinajstić information content (AvgIpc) is 2.77. The molecule has 1 N–H and O–H groups in total. The molecule has 0 spiro atoms. The number of halogens is 1. The summed E-state index contributed by atoms with van der Waals surface area (Å²) in [7, 11) is 0. The van der Waals surface area contributed by atoms with Crippen molar-refractivity contribution in [1.29, 1.82) is 0 Å². The third kappa shape index (κ3) is 6.42. The molecular formula is C17H28FNO6S.